The van der Waals surface area contributed by atoms with Gasteiger partial charge in [0, 0.05) is 29.8 Å². The minimum absolute atomic E-state index is 0.00591. The Kier molecular flexibility index (Phi) is 4.16. The summed E-state index contributed by atoms with van der Waals surface area (Å²) >= 11 is 0. The molecule has 1 aromatic carbocycles. The van der Waals surface area contributed by atoms with Crippen LogP contribution in [0.25, 0.3) is 0 Å². The molecular weight excluding hydrogens is 286 g/mol. The van der Waals surface area contributed by atoms with Gasteiger partial charge in [0.1, 0.15) is 5.82 Å². The van der Waals surface area contributed by atoms with Crippen molar-refractivity contribution in [1.29, 1.82) is 0 Å². The zero-order valence-electron chi connectivity index (χ0n) is 14.0. The van der Waals surface area contributed by atoms with E-state index in [1.807, 2.05) is 30.9 Å². The molecule has 0 aliphatic carbocycles. The highest BCUT2D eigenvalue weighted by atomic mass is 16.2. The van der Waals surface area contributed by atoms with Gasteiger partial charge in [-0.2, -0.15) is 0 Å². The zero-order chi connectivity index (χ0) is 16.4. The Balaban J connectivity index is 1.82. The van der Waals surface area contributed by atoms with Crippen molar-refractivity contribution in [2.45, 2.75) is 45.6 Å². The first-order valence-electron chi connectivity index (χ1n) is 8.11. The number of amides is 1. The number of rotatable bonds is 3. The number of carbonyl (C=O) groups excluding carboxylic acids is 1. The molecule has 0 N–H and O–H groups in total. The van der Waals surface area contributed by atoms with E-state index >= 15 is 0 Å². The van der Waals surface area contributed by atoms with Crippen LogP contribution in [0.5, 0.6) is 0 Å². The molecule has 120 valence electrons. The van der Waals surface area contributed by atoms with Crippen LogP contribution in [-0.4, -0.2) is 27.3 Å². The lowest BCUT2D eigenvalue weighted by molar-refractivity contribution is -0.136. The van der Waals surface area contributed by atoms with Gasteiger partial charge >= 0.3 is 0 Å². The molecule has 23 heavy (non-hydrogen) atoms. The topological polar surface area (TPSA) is 46.1 Å². The maximum Gasteiger partial charge on any atom is 0.223 e. The molecule has 0 unspecified atom stereocenters. The molecule has 4 nitrogen and oxygen atoms in total. The van der Waals surface area contributed by atoms with Gasteiger partial charge in [0.2, 0.25) is 5.91 Å². The minimum atomic E-state index is -0.00591. The molecule has 1 saturated heterocycles. The molecule has 2 heterocycles. The fraction of sp³-hybridized carbons (Fsp3) is 0.421. The number of hydrogen-bond donors (Lipinski definition) is 0. The van der Waals surface area contributed by atoms with E-state index in [-0.39, 0.29) is 11.3 Å². The summed E-state index contributed by atoms with van der Waals surface area (Å²) in [5.41, 5.74) is 3.18. The van der Waals surface area contributed by atoms with Gasteiger partial charge in [0.25, 0.3) is 0 Å². The highest BCUT2D eigenvalue weighted by Gasteiger charge is 2.36. The molecule has 1 aromatic heterocycles. The average molecular weight is 309 g/mol. The Bertz CT molecular complexity index is 694. The summed E-state index contributed by atoms with van der Waals surface area (Å²) in [5.74, 6) is 0.925. The van der Waals surface area contributed by atoms with Crippen LogP contribution in [0.3, 0.4) is 0 Å². The number of hydrogen-bond acceptors (Lipinski definition) is 3. The average Bonchev–Trinajstić information content (AvgIpc) is 2.51. The van der Waals surface area contributed by atoms with Crippen molar-refractivity contribution < 1.29 is 4.79 Å². The summed E-state index contributed by atoms with van der Waals surface area (Å²) in [7, 11) is 0. The van der Waals surface area contributed by atoms with Crippen LogP contribution < -0.4 is 0 Å². The van der Waals surface area contributed by atoms with Crippen molar-refractivity contribution in [2.24, 2.45) is 0 Å². The summed E-state index contributed by atoms with van der Waals surface area (Å²) in [6.45, 7) is 7.37. The van der Waals surface area contributed by atoms with Gasteiger partial charge in [0.05, 0.1) is 6.54 Å². The first kappa shape index (κ1) is 15.7. The van der Waals surface area contributed by atoms with Crippen LogP contribution in [-0.2, 0) is 16.8 Å². The van der Waals surface area contributed by atoms with Crippen molar-refractivity contribution in [2.75, 3.05) is 6.54 Å². The SMILES string of the molecule is Cc1cc(C)nc(CN2C[C@](C)(c3ccccc3)CCC2=O)n1. The molecule has 1 amide bonds. The van der Waals surface area contributed by atoms with Crippen LogP contribution in [0.15, 0.2) is 36.4 Å². The van der Waals surface area contributed by atoms with E-state index in [4.69, 9.17) is 0 Å². The lowest BCUT2D eigenvalue weighted by Gasteiger charge is -2.40. The van der Waals surface area contributed by atoms with Gasteiger partial charge in [-0.05, 0) is 31.9 Å². The summed E-state index contributed by atoms with van der Waals surface area (Å²) in [5, 5.41) is 0. The van der Waals surface area contributed by atoms with Crippen LogP contribution in [0.1, 0.15) is 42.5 Å². The molecule has 3 rings (SSSR count). The molecule has 1 aliphatic heterocycles. The van der Waals surface area contributed by atoms with Crippen LogP contribution in [0.2, 0.25) is 0 Å². The van der Waals surface area contributed by atoms with Crippen LogP contribution in [0, 0.1) is 13.8 Å². The standard InChI is InChI=1S/C19H23N3O/c1-14-11-15(2)21-17(20-14)12-22-13-19(3,10-9-18(22)23)16-7-5-4-6-8-16/h4-8,11H,9-10,12-13H2,1-3H3/t19-/m1/s1. The first-order chi connectivity index (χ1) is 11.0. The van der Waals surface area contributed by atoms with Gasteiger partial charge in [0.15, 0.2) is 0 Å². The van der Waals surface area contributed by atoms with Crippen molar-refractivity contribution >= 4 is 5.91 Å². The fourth-order valence-electron chi connectivity index (χ4n) is 3.39. The number of aryl methyl sites for hydroxylation is 2. The maximum atomic E-state index is 12.4. The molecule has 1 aliphatic rings. The minimum Gasteiger partial charge on any atom is -0.334 e. The normalized spacial score (nSPS) is 21.5. The highest BCUT2D eigenvalue weighted by Crippen LogP contribution is 2.34. The van der Waals surface area contributed by atoms with E-state index in [0.29, 0.717) is 19.5 Å². The summed E-state index contributed by atoms with van der Waals surface area (Å²) < 4.78 is 0. The smallest absolute Gasteiger partial charge is 0.223 e. The quantitative estimate of drug-likeness (QED) is 0.875. The Morgan fingerprint density at radius 2 is 1.78 bits per heavy atom. The van der Waals surface area contributed by atoms with E-state index in [2.05, 4.69) is 41.2 Å². The van der Waals surface area contributed by atoms with E-state index in [1.54, 1.807) is 0 Å². The molecule has 0 saturated carbocycles. The van der Waals surface area contributed by atoms with E-state index < -0.39 is 0 Å². The van der Waals surface area contributed by atoms with Gasteiger partial charge in [-0.25, -0.2) is 9.97 Å². The molecule has 1 atom stereocenters. The predicted molar refractivity (Wildman–Crippen MR) is 90.0 cm³/mol. The largest absolute Gasteiger partial charge is 0.334 e. The third-order valence-corrected chi connectivity index (χ3v) is 4.61. The fourth-order valence-corrected chi connectivity index (χ4v) is 3.39. The third kappa shape index (κ3) is 3.41. The molecule has 0 spiro atoms. The Labute approximate surface area is 137 Å². The molecular formula is C19H23N3O. The number of likely N-dealkylation sites (tertiary alicyclic amines) is 1. The molecule has 2 aromatic rings. The summed E-state index contributed by atoms with van der Waals surface area (Å²) in [4.78, 5) is 23.2. The molecule has 0 radical (unpaired) electrons. The number of benzene rings is 1. The molecule has 4 heteroatoms. The van der Waals surface area contributed by atoms with Gasteiger partial charge in [-0.15, -0.1) is 0 Å². The van der Waals surface area contributed by atoms with Crippen LogP contribution in [0.4, 0.5) is 0 Å². The molecule has 0 bridgehead atoms. The number of carbonyl (C=O) groups is 1. The number of nitrogens with zero attached hydrogens (tertiary/aromatic N) is 3. The van der Waals surface area contributed by atoms with Crippen molar-refractivity contribution in [1.82, 2.24) is 14.9 Å². The lowest BCUT2D eigenvalue weighted by atomic mass is 9.75. The zero-order valence-corrected chi connectivity index (χ0v) is 14.0. The van der Waals surface area contributed by atoms with E-state index in [9.17, 15) is 4.79 Å². The third-order valence-electron chi connectivity index (χ3n) is 4.61. The second kappa shape index (κ2) is 6.11. The second-order valence-corrected chi connectivity index (χ2v) is 6.74. The lowest BCUT2D eigenvalue weighted by Crippen LogP contribution is -2.47. The van der Waals surface area contributed by atoms with E-state index in [1.165, 1.54) is 5.56 Å². The van der Waals surface area contributed by atoms with Crippen molar-refractivity contribution in [3.63, 3.8) is 0 Å². The highest BCUT2D eigenvalue weighted by molar-refractivity contribution is 5.77. The maximum absolute atomic E-state index is 12.4. The second-order valence-electron chi connectivity index (χ2n) is 6.74. The predicted octanol–water partition coefficient (Wildman–Crippen LogP) is 3.17. The first-order valence-corrected chi connectivity index (χ1v) is 8.11. The Morgan fingerprint density at radius 1 is 1.13 bits per heavy atom. The Hall–Kier alpha value is -2.23. The monoisotopic (exact) mass is 309 g/mol. The number of aromatic nitrogens is 2. The number of piperidine rings is 1. The van der Waals surface area contributed by atoms with E-state index in [0.717, 1.165) is 23.6 Å². The van der Waals surface area contributed by atoms with Crippen LogP contribution >= 0.6 is 0 Å². The van der Waals surface area contributed by atoms with Crippen molar-refractivity contribution in [3.05, 3.63) is 59.2 Å². The van der Waals surface area contributed by atoms with Gasteiger partial charge in [-0.3, -0.25) is 4.79 Å². The van der Waals surface area contributed by atoms with Gasteiger partial charge < -0.3 is 4.90 Å². The van der Waals surface area contributed by atoms with Gasteiger partial charge in [-0.1, -0.05) is 37.3 Å². The summed E-state index contributed by atoms with van der Waals surface area (Å²) in [6, 6.07) is 12.4. The molecule has 1 fully saturated rings. The Morgan fingerprint density at radius 3 is 2.43 bits per heavy atom. The summed E-state index contributed by atoms with van der Waals surface area (Å²) in [6.07, 6.45) is 1.47. The van der Waals surface area contributed by atoms with Crippen molar-refractivity contribution in [3.8, 4) is 0 Å².